The fourth-order valence-electron chi connectivity index (χ4n) is 1.93. The van der Waals surface area contributed by atoms with Crippen LogP contribution in [0, 0.1) is 0 Å². The molecule has 0 atom stereocenters. The van der Waals surface area contributed by atoms with E-state index in [0.29, 0.717) is 5.69 Å². The van der Waals surface area contributed by atoms with Gasteiger partial charge in [-0.25, -0.2) is 0 Å². The van der Waals surface area contributed by atoms with Gasteiger partial charge in [-0.1, -0.05) is 48.0 Å². The second-order valence-corrected chi connectivity index (χ2v) is 4.92. The maximum atomic E-state index is 6.17. The lowest BCUT2D eigenvalue weighted by molar-refractivity contribution is 0.319. The zero-order valence-corrected chi connectivity index (χ0v) is 11.2. The minimum absolute atomic E-state index is 0.703. The van der Waals surface area contributed by atoms with Crippen LogP contribution in [0.15, 0.2) is 48.5 Å². The molecule has 0 aromatic heterocycles. The van der Waals surface area contributed by atoms with Gasteiger partial charge in [-0.2, -0.15) is 0 Å². The molecule has 2 rings (SSSR count). The van der Waals surface area contributed by atoms with E-state index in [4.69, 9.17) is 17.3 Å². The molecule has 0 heterocycles. The Morgan fingerprint density at radius 1 is 1.06 bits per heavy atom. The van der Waals surface area contributed by atoms with E-state index >= 15 is 0 Å². The molecule has 0 aliphatic rings. The third-order valence-corrected chi connectivity index (χ3v) is 3.16. The first-order valence-corrected chi connectivity index (χ1v) is 6.29. The fraction of sp³-hybridized carbons (Fsp3) is 0.200. The predicted molar refractivity (Wildman–Crippen MR) is 77.5 cm³/mol. The standard InChI is InChI=1S/C15H17ClN2/c1-18(10-12-5-3-2-4-6-12)11-13-7-8-14(17)9-15(13)16/h2-9H,10-11,17H2,1H3. The highest BCUT2D eigenvalue weighted by atomic mass is 35.5. The summed E-state index contributed by atoms with van der Waals surface area (Å²) in [5.74, 6) is 0. The highest BCUT2D eigenvalue weighted by molar-refractivity contribution is 6.31. The van der Waals surface area contributed by atoms with Gasteiger partial charge in [0, 0.05) is 23.8 Å². The Bertz CT molecular complexity index is 511. The quantitative estimate of drug-likeness (QED) is 0.852. The highest BCUT2D eigenvalue weighted by Crippen LogP contribution is 2.20. The summed E-state index contributed by atoms with van der Waals surface area (Å²) in [7, 11) is 2.08. The third kappa shape index (κ3) is 3.49. The molecule has 0 fully saturated rings. The van der Waals surface area contributed by atoms with Crippen LogP contribution in [0.5, 0.6) is 0 Å². The van der Waals surface area contributed by atoms with Crippen molar-refractivity contribution < 1.29 is 0 Å². The summed E-state index contributed by atoms with van der Waals surface area (Å²) in [5, 5.41) is 0.731. The average Bonchev–Trinajstić information content (AvgIpc) is 2.34. The van der Waals surface area contributed by atoms with E-state index in [9.17, 15) is 0 Å². The van der Waals surface area contributed by atoms with Crippen LogP contribution in [-0.2, 0) is 13.1 Å². The van der Waals surface area contributed by atoms with Crippen LogP contribution in [0.4, 0.5) is 5.69 Å². The molecule has 3 heteroatoms. The molecule has 0 spiro atoms. The number of halogens is 1. The van der Waals surface area contributed by atoms with E-state index < -0.39 is 0 Å². The molecular weight excluding hydrogens is 244 g/mol. The van der Waals surface area contributed by atoms with Crippen LogP contribution < -0.4 is 5.73 Å². The number of hydrogen-bond donors (Lipinski definition) is 1. The summed E-state index contributed by atoms with van der Waals surface area (Å²) in [5.41, 5.74) is 8.79. The lowest BCUT2D eigenvalue weighted by Gasteiger charge is -2.17. The Labute approximate surface area is 113 Å². The van der Waals surface area contributed by atoms with E-state index in [1.165, 1.54) is 5.56 Å². The Morgan fingerprint density at radius 2 is 1.78 bits per heavy atom. The van der Waals surface area contributed by atoms with Gasteiger partial charge in [0.1, 0.15) is 0 Å². The minimum atomic E-state index is 0.703. The summed E-state index contributed by atoms with van der Waals surface area (Å²) in [6.45, 7) is 1.72. The summed E-state index contributed by atoms with van der Waals surface area (Å²) in [6.07, 6.45) is 0. The molecule has 2 nitrogen and oxygen atoms in total. The van der Waals surface area contributed by atoms with Crippen molar-refractivity contribution >= 4 is 17.3 Å². The molecule has 0 unspecified atom stereocenters. The van der Waals surface area contributed by atoms with Crippen molar-refractivity contribution in [2.75, 3.05) is 12.8 Å². The second kappa shape index (κ2) is 5.89. The maximum absolute atomic E-state index is 6.17. The van der Waals surface area contributed by atoms with Gasteiger partial charge in [0.2, 0.25) is 0 Å². The van der Waals surface area contributed by atoms with E-state index in [1.807, 2.05) is 18.2 Å². The number of nitrogen functional groups attached to an aromatic ring is 1. The molecule has 0 saturated carbocycles. The Morgan fingerprint density at radius 3 is 2.44 bits per heavy atom. The molecule has 2 N–H and O–H groups in total. The molecule has 0 radical (unpaired) electrons. The molecule has 94 valence electrons. The molecule has 0 aliphatic heterocycles. The van der Waals surface area contributed by atoms with Crippen LogP contribution in [0.1, 0.15) is 11.1 Å². The van der Waals surface area contributed by atoms with E-state index in [2.05, 4.69) is 36.2 Å². The van der Waals surface area contributed by atoms with Gasteiger partial charge >= 0.3 is 0 Å². The largest absolute Gasteiger partial charge is 0.399 e. The van der Waals surface area contributed by atoms with Crippen molar-refractivity contribution in [2.24, 2.45) is 0 Å². The number of anilines is 1. The summed E-state index contributed by atoms with van der Waals surface area (Å²) in [6, 6.07) is 16.1. The summed E-state index contributed by atoms with van der Waals surface area (Å²) in [4.78, 5) is 2.23. The summed E-state index contributed by atoms with van der Waals surface area (Å²) >= 11 is 6.17. The van der Waals surface area contributed by atoms with Crippen LogP contribution >= 0.6 is 11.6 Å². The van der Waals surface area contributed by atoms with Crippen molar-refractivity contribution in [2.45, 2.75) is 13.1 Å². The number of rotatable bonds is 4. The molecule has 18 heavy (non-hydrogen) atoms. The number of nitrogens with zero attached hydrogens (tertiary/aromatic N) is 1. The number of benzene rings is 2. The van der Waals surface area contributed by atoms with E-state index in [0.717, 1.165) is 23.7 Å². The van der Waals surface area contributed by atoms with E-state index in [-0.39, 0.29) is 0 Å². The molecule has 0 aliphatic carbocycles. The van der Waals surface area contributed by atoms with Crippen LogP contribution in [0.3, 0.4) is 0 Å². The summed E-state index contributed by atoms with van der Waals surface area (Å²) < 4.78 is 0. The predicted octanol–water partition coefficient (Wildman–Crippen LogP) is 3.55. The topological polar surface area (TPSA) is 29.3 Å². The highest BCUT2D eigenvalue weighted by Gasteiger charge is 2.05. The number of hydrogen-bond acceptors (Lipinski definition) is 2. The SMILES string of the molecule is CN(Cc1ccccc1)Cc1ccc(N)cc1Cl. The van der Waals surface area contributed by atoms with Crippen molar-refractivity contribution in [3.8, 4) is 0 Å². The monoisotopic (exact) mass is 260 g/mol. The van der Waals surface area contributed by atoms with Crippen molar-refractivity contribution in [1.29, 1.82) is 0 Å². The van der Waals surface area contributed by atoms with Crippen LogP contribution in [-0.4, -0.2) is 11.9 Å². The second-order valence-electron chi connectivity index (χ2n) is 4.51. The first kappa shape index (κ1) is 12.9. The lowest BCUT2D eigenvalue weighted by atomic mass is 10.1. The minimum Gasteiger partial charge on any atom is -0.399 e. The van der Waals surface area contributed by atoms with Crippen molar-refractivity contribution in [3.63, 3.8) is 0 Å². The van der Waals surface area contributed by atoms with Crippen molar-refractivity contribution in [3.05, 3.63) is 64.7 Å². The zero-order chi connectivity index (χ0) is 13.0. The molecule has 2 aromatic rings. The molecular formula is C15H17ClN2. The first-order chi connectivity index (χ1) is 8.65. The molecule has 2 aromatic carbocycles. The molecule has 0 bridgehead atoms. The van der Waals surface area contributed by atoms with Gasteiger partial charge in [0.25, 0.3) is 0 Å². The number of nitrogens with two attached hydrogens (primary N) is 1. The maximum Gasteiger partial charge on any atom is 0.0471 e. The van der Waals surface area contributed by atoms with Gasteiger partial charge < -0.3 is 5.73 Å². The fourth-order valence-corrected chi connectivity index (χ4v) is 2.18. The zero-order valence-electron chi connectivity index (χ0n) is 10.4. The average molecular weight is 261 g/mol. The normalized spacial score (nSPS) is 10.8. The Hall–Kier alpha value is -1.51. The van der Waals surface area contributed by atoms with Gasteiger partial charge in [-0.15, -0.1) is 0 Å². The molecule has 0 amide bonds. The first-order valence-electron chi connectivity index (χ1n) is 5.91. The smallest absolute Gasteiger partial charge is 0.0471 e. The van der Waals surface area contributed by atoms with Crippen LogP contribution in [0.25, 0.3) is 0 Å². The van der Waals surface area contributed by atoms with Gasteiger partial charge in [-0.3, -0.25) is 4.90 Å². The van der Waals surface area contributed by atoms with Crippen molar-refractivity contribution in [1.82, 2.24) is 4.90 Å². The van der Waals surface area contributed by atoms with Gasteiger partial charge in [0.15, 0.2) is 0 Å². The Kier molecular flexibility index (Phi) is 4.24. The molecule has 0 saturated heterocycles. The Balaban J connectivity index is 2.01. The van der Waals surface area contributed by atoms with Gasteiger partial charge in [0.05, 0.1) is 0 Å². The lowest BCUT2D eigenvalue weighted by Crippen LogP contribution is -2.17. The van der Waals surface area contributed by atoms with Crippen LogP contribution in [0.2, 0.25) is 5.02 Å². The van der Waals surface area contributed by atoms with E-state index in [1.54, 1.807) is 6.07 Å². The van der Waals surface area contributed by atoms with Gasteiger partial charge in [-0.05, 0) is 30.3 Å². The third-order valence-electron chi connectivity index (χ3n) is 2.81.